The molecule has 1 spiro atoms. The van der Waals surface area contributed by atoms with Crippen molar-refractivity contribution in [3.63, 3.8) is 0 Å². The smallest absolute Gasteiger partial charge is 0.0854 e. The van der Waals surface area contributed by atoms with Crippen LogP contribution in [0.5, 0.6) is 0 Å². The van der Waals surface area contributed by atoms with E-state index in [4.69, 9.17) is 11.5 Å². The Balaban J connectivity index is 0.994. The van der Waals surface area contributed by atoms with Gasteiger partial charge in [0.1, 0.15) is 0 Å². The van der Waals surface area contributed by atoms with E-state index in [-0.39, 0.29) is 36.0 Å². The first kappa shape index (κ1) is 40.0. The number of nitrogens with one attached hydrogen (secondary N) is 4. The Labute approximate surface area is 355 Å². The Bertz CT molecular complexity index is 2520. The molecule has 6 nitrogen and oxygen atoms in total. The van der Waals surface area contributed by atoms with E-state index in [0.717, 1.165) is 27.6 Å². The summed E-state index contributed by atoms with van der Waals surface area (Å²) in [4.78, 5) is 0. The molecular weight excluding hydrogens is 733 g/mol. The minimum absolute atomic E-state index is 0.0517. The Morgan fingerprint density at radius 1 is 0.433 bits per heavy atom. The van der Waals surface area contributed by atoms with Crippen LogP contribution in [0.3, 0.4) is 0 Å². The van der Waals surface area contributed by atoms with Crippen LogP contribution in [0.25, 0.3) is 21.9 Å². The van der Waals surface area contributed by atoms with E-state index in [9.17, 15) is 0 Å². The summed E-state index contributed by atoms with van der Waals surface area (Å²) >= 11 is 0. The van der Waals surface area contributed by atoms with Crippen molar-refractivity contribution in [3.8, 4) is 11.1 Å². The largest absolute Gasteiger partial charge is 0.312 e. The van der Waals surface area contributed by atoms with Crippen molar-refractivity contribution in [2.45, 2.75) is 88.1 Å². The molecule has 0 aliphatic heterocycles. The Morgan fingerprint density at radius 2 is 0.967 bits per heavy atom. The molecule has 6 atom stereocenters. The summed E-state index contributed by atoms with van der Waals surface area (Å²) in [7, 11) is 0. The third kappa shape index (κ3) is 8.07. The lowest BCUT2D eigenvalue weighted by atomic mass is 9.67. The van der Waals surface area contributed by atoms with Gasteiger partial charge in [0.25, 0.3) is 0 Å². The van der Waals surface area contributed by atoms with E-state index in [1.165, 1.54) is 70.9 Å². The second-order valence-corrected chi connectivity index (χ2v) is 17.0. The van der Waals surface area contributed by atoms with Crippen LogP contribution in [-0.4, -0.2) is 0 Å². The van der Waals surface area contributed by atoms with Crippen molar-refractivity contribution in [2.75, 3.05) is 0 Å². The molecule has 7 aromatic rings. The van der Waals surface area contributed by atoms with Gasteiger partial charge < -0.3 is 11.5 Å². The maximum Gasteiger partial charge on any atom is 0.0854 e. The molecule has 1 fully saturated rings. The van der Waals surface area contributed by atoms with E-state index < -0.39 is 6.17 Å². The van der Waals surface area contributed by atoms with Crippen molar-refractivity contribution < 1.29 is 0 Å². The fourth-order valence-corrected chi connectivity index (χ4v) is 10.0. The van der Waals surface area contributed by atoms with Crippen molar-refractivity contribution in [2.24, 2.45) is 11.5 Å². The number of benzene rings is 7. The van der Waals surface area contributed by atoms with Crippen molar-refractivity contribution >= 4 is 10.8 Å². The van der Waals surface area contributed by atoms with Gasteiger partial charge >= 0.3 is 0 Å². The standard InChI is InChI=1S/C54H58N6/c1-36(41-29-30-46-45-27-15-16-28-48(45)54(49(46)35-41)31-17-6-18-32-54)57-52(39-21-9-4-10-22-39)60-51(56)43-33-42-25-13-14-26-44(42)47(34-43)37(2)58-53(40-23-11-5-12-24-40)59-50(55)38-19-7-3-8-20-38/h3-5,7-16,19-30,33-37,50-53,57-60H,6,17-18,31-32,55-56H2,1-2H3. The van der Waals surface area contributed by atoms with E-state index in [1.54, 1.807) is 0 Å². The summed E-state index contributed by atoms with van der Waals surface area (Å²) in [5.74, 6) is 0. The zero-order chi connectivity index (χ0) is 41.1. The predicted octanol–water partition coefficient (Wildman–Crippen LogP) is 11.3. The molecule has 6 heteroatoms. The highest BCUT2D eigenvalue weighted by atomic mass is 15.2. The lowest BCUT2D eigenvalue weighted by molar-refractivity contribution is 0.348. The van der Waals surface area contributed by atoms with E-state index >= 15 is 0 Å². The molecule has 7 aromatic carbocycles. The topological polar surface area (TPSA) is 100 Å². The third-order valence-electron chi connectivity index (χ3n) is 13.2. The second-order valence-electron chi connectivity index (χ2n) is 17.0. The minimum atomic E-state index is -0.458. The van der Waals surface area contributed by atoms with Gasteiger partial charge in [-0.2, -0.15) is 0 Å². The molecule has 0 amide bonds. The van der Waals surface area contributed by atoms with Gasteiger partial charge in [-0.05, 0) is 99.2 Å². The van der Waals surface area contributed by atoms with Crippen LogP contribution in [0.4, 0.5) is 0 Å². The SMILES string of the molecule is CC(NC(NC(N)c1cc(C(C)NC(NC(N)c2ccccc2)c2ccccc2)c2ccccc2c1)c1ccccc1)c1ccc2c(c1)C1(CCCCC1)c1ccccc1-2. The monoisotopic (exact) mass is 790 g/mol. The summed E-state index contributed by atoms with van der Waals surface area (Å²) in [5, 5.41) is 17.7. The summed E-state index contributed by atoms with van der Waals surface area (Å²) in [6, 6.07) is 60.7. The molecule has 0 aromatic heterocycles. The molecule has 0 bridgehead atoms. The molecule has 0 radical (unpaired) electrons. The number of nitrogens with two attached hydrogens (primary N) is 2. The molecule has 2 aliphatic rings. The number of rotatable bonds is 14. The second kappa shape index (κ2) is 17.6. The molecule has 304 valence electrons. The fourth-order valence-electron chi connectivity index (χ4n) is 10.0. The van der Waals surface area contributed by atoms with E-state index in [1.807, 2.05) is 24.3 Å². The van der Waals surface area contributed by atoms with Gasteiger partial charge in [-0.15, -0.1) is 0 Å². The summed E-state index contributed by atoms with van der Waals surface area (Å²) in [6.45, 7) is 4.50. The van der Waals surface area contributed by atoms with Gasteiger partial charge in [-0.25, -0.2) is 0 Å². The highest BCUT2D eigenvalue weighted by molar-refractivity contribution is 5.87. The van der Waals surface area contributed by atoms with Gasteiger partial charge in [0, 0.05) is 17.5 Å². The molecule has 8 N–H and O–H groups in total. The van der Waals surface area contributed by atoms with Gasteiger partial charge in [-0.1, -0.05) is 183 Å². The summed E-state index contributed by atoms with van der Waals surface area (Å²) < 4.78 is 0. The molecule has 0 heterocycles. The van der Waals surface area contributed by atoms with Crippen LogP contribution >= 0.6 is 0 Å². The average Bonchev–Trinajstić information content (AvgIpc) is 3.56. The van der Waals surface area contributed by atoms with Crippen LogP contribution in [0.15, 0.2) is 170 Å². The van der Waals surface area contributed by atoms with Gasteiger partial charge in [0.05, 0.1) is 24.7 Å². The Hall–Kier alpha value is -5.44. The minimum Gasteiger partial charge on any atom is -0.312 e. The van der Waals surface area contributed by atoms with E-state index in [0.29, 0.717) is 0 Å². The van der Waals surface area contributed by atoms with Crippen LogP contribution in [-0.2, 0) is 5.41 Å². The maximum atomic E-state index is 7.25. The normalized spacial score (nSPS) is 17.3. The zero-order valence-corrected chi connectivity index (χ0v) is 34.8. The first-order valence-electron chi connectivity index (χ1n) is 21.8. The van der Waals surface area contributed by atoms with Gasteiger partial charge in [-0.3, -0.25) is 21.3 Å². The molecule has 9 rings (SSSR count). The molecule has 60 heavy (non-hydrogen) atoms. The maximum absolute atomic E-state index is 7.25. The van der Waals surface area contributed by atoms with Crippen LogP contribution < -0.4 is 32.7 Å². The fraction of sp³-hybridized carbons (Fsp3) is 0.259. The molecule has 6 unspecified atom stereocenters. The highest BCUT2D eigenvalue weighted by Gasteiger charge is 2.43. The summed E-state index contributed by atoms with van der Waals surface area (Å²) in [5.41, 5.74) is 26.7. The first-order valence-corrected chi connectivity index (χ1v) is 21.8. The van der Waals surface area contributed by atoms with Crippen LogP contribution in [0.1, 0.15) is 127 Å². The quantitative estimate of drug-likeness (QED) is 0.0614. The molecule has 2 aliphatic carbocycles. The number of fused-ring (bicyclic) bond motifs is 6. The van der Waals surface area contributed by atoms with Crippen LogP contribution in [0.2, 0.25) is 0 Å². The van der Waals surface area contributed by atoms with Crippen molar-refractivity contribution in [3.05, 3.63) is 214 Å². The lowest BCUT2D eigenvalue weighted by Crippen LogP contribution is -2.41. The predicted molar refractivity (Wildman–Crippen MR) is 248 cm³/mol. The lowest BCUT2D eigenvalue weighted by Gasteiger charge is -2.36. The highest BCUT2D eigenvalue weighted by Crippen LogP contribution is 2.56. The molecular formula is C54H58N6. The average molecular weight is 791 g/mol. The van der Waals surface area contributed by atoms with Gasteiger partial charge in [0.2, 0.25) is 0 Å². The molecule has 0 saturated heterocycles. The van der Waals surface area contributed by atoms with E-state index in [2.05, 4.69) is 181 Å². The Morgan fingerprint density at radius 3 is 1.63 bits per heavy atom. The summed E-state index contributed by atoms with van der Waals surface area (Å²) in [6.07, 6.45) is 5.09. The first-order chi connectivity index (χ1) is 29.4. The van der Waals surface area contributed by atoms with Gasteiger partial charge in [0.15, 0.2) is 0 Å². The van der Waals surface area contributed by atoms with Crippen molar-refractivity contribution in [1.29, 1.82) is 0 Å². The van der Waals surface area contributed by atoms with Crippen molar-refractivity contribution in [1.82, 2.24) is 21.3 Å². The number of hydrogen-bond acceptors (Lipinski definition) is 6. The third-order valence-corrected chi connectivity index (χ3v) is 13.2. The molecule has 1 saturated carbocycles. The number of hydrogen-bond donors (Lipinski definition) is 6. The Kier molecular flexibility index (Phi) is 11.8. The zero-order valence-electron chi connectivity index (χ0n) is 34.8. The van der Waals surface area contributed by atoms with Crippen LogP contribution in [0, 0.1) is 0 Å².